The number of anilines is 1. The predicted octanol–water partition coefficient (Wildman–Crippen LogP) is 3.29. The molecule has 0 radical (unpaired) electrons. The maximum Gasteiger partial charge on any atom is 0.234 e. The summed E-state index contributed by atoms with van der Waals surface area (Å²) < 4.78 is 5.23. The molecular weight excluding hydrogens is 264 g/mol. The second-order valence-corrected chi connectivity index (χ2v) is 4.90. The molecule has 0 N–H and O–H groups in total. The highest BCUT2D eigenvalue weighted by atomic mass is 35.5. The van der Waals surface area contributed by atoms with Crippen LogP contribution in [0, 0.1) is 0 Å². The van der Waals surface area contributed by atoms with Crippen LogP contribution in [0.25, 0.3) is 11.3 Å². The fraction of sp³-hybridized carbons (Fsp3) is 0.143. The van der Waals surface area contributed by atoms with E-state index >= 15 is 0 Å². The van der Waals surface area contributed by atoms with Gasteiger partial charge in [0.05, 0.1) is 6.54 Å². The molecule has 2 aromatic rings. The van der Waals surface area contributed by atoms with Crippen molar-refractivity contribution in [1.29, 1.82) is 0 Å². The fourth-order valence-electron chi connectivity index (χ4n) is 2.03. The molecule has 0 saturated carbocycles. The van der Waals surface area contributed by atoms with Gasteiger partial charge < -0.3 is 4.52 Å². The van der Waals surface area contributed by atoms with Gasteiger partial charge in [0.15, 0.2) is 0 Å². The summed E-state index contributed by atoms with van der Waals surface area (Å²) >= 11 is 5.84. The number of amides is 1. The number of carbonyl (C=O) groups excluding carboxylic acids is 1. The summed E-state index contributed by atoms with van der Waals surface area (Å²) in [6, 6.07) is 9.03. The summed E-state index contributed by atoms with van der Waals surface area (Å²) in [7, 11) is 0. The molecular formula is C14H11ClN2O2. The lowest BCUT2D eigenvalue weighted by Crippen LogP contribution is -2.23. The largest absolute Gasteiger partial charge is 0.338 e. The summed E-state index contributed by atoms with van der Waals surface area (Å²) in [5.41, 5.74) is 2.45. The third kappa shape index (κ3) is 2.27. The molecule has 1 aliphatic rings. The molecule has 2 heterocycles. The van der Waals surface area contributed by atoms with E-state index in [1.54, 1.807) is 23.1 Å². The molecule has 0 spiro atoms. The van der Waals surface area contributed by atoms with Crippen molar-refractivity contribution < 1.29 is 9.32 Å². The molecule has 1 aliphatic heterocycles. The third-order valence-corrected chi connectivity index (χ3v) is 3.24. The minimum Gasteiger partial charge on any atom is -0.338 e. The third-order valence-electron chi connectivity index (χ3n) is 2.99. The van der Waals surface area contributed by atoms with Gasteiger partial charge in [0, 0.05) is 23.1 Å². The normalized spacial score (nSPS) is 15.3. The Balaban J connectivity index is 1.89. The predicted molar refractivity (Wildman–Crippen MR) is 73.1 cm³/mol. The molecule has 4 nitrogen and oxygen atoms in total. The molecule has 0 atom stereocenters. The first-order chi connectivity index (χ1) is 9.13. The Morgan fingerprint density at radius 3 is 2.68 bits per heavy atom. The van der Waals surface area contributed by atoms with Crippen LogP contribution in [0.4, 0.5) is 5.88 Å². The van der Waals surface area contributed by atoms with Crippen molar-refractivity contribution >= 4 is 23.4 Å². The van der Waals surface area contributed by atoms with Crippen molar-refractivity contribution in [2.75, 3.05) is 11.4 Å². The molecule has 1 aromatic carbocycles. The molecule has 0 aliphatic carbocycles. The maximum atomic E-state index is 11.7. The minimum atomic E-state index is -0.0104. The van der Waals surface area contributed by atoms with Gasteiger partial charge in [0.25, 0.3) is 0 Å². The van der Waals surface area contributed by atoms with Crippen molar-refractivity contribution in [3.8, 4) is 11.3 Å². The molecule has 1 fully saturated rings. The van der Waals surface area contributed by atoms with E-state index in [0.29, 0.717) is 29.6 Å². The van der Waals surface area contributed by atoms with Gasteiger partial charge in [-0.15, -0.1) is 0 Å². The van der Waals surface area contributed by atoms with Gasteiger partial charge in [0.1, 0.15) is 5.69 Å². The van der Waals surface area contributed by atoms with Crippen LogP contribution in [-0.4, -0.2) is 17.6 Å². The van der Waals surface area contributed by atoms with Crippen LogP contribution in [-0.2, 0) is 4.79 Å². The van der Waals surface area contributed by atoms with Gasteiger partial charge in [-0.3, -0.25) is 9.69 Å². The van der Waals surface area contributed by atoms with Gasteiger partial charge in [0.2, 0.25) is 11.8 Å². The first kappa shape index (κ1) is 12.0. The Kier molecular flexibility index (Phi) is 2.87. The van der Waals surface area contributed by atoms with Crippen LogP contribution < -0.4 is 4.90 Å². The smallest absolute Gasteiger partial charge is 0.234 e. The van der Waals surface area contributed by atoms with Crippen molar-refractivity contribution in [2.24, 2.45) is 0 Å². The fourth-order valence-corrected chi connectivity index (χ4v) is 2.15. The van der Waals surface area contributed by atoms with E-state index in [9.17, 15) is 4.79 Å². The number of hydrogen-bond donors (Lipinski definition) is 0. The number of aromatic nitrogens is 1. The molecule has 5 heteroatoms. The standard InChI is InChI=1S/C14H11ClN2O2/c1-9-6-13(18)17(8-9)14-7-12(16-19-14)10-2-4-11(15)5-3-10/h2-5,7H,1,6,8H2. The summed E-state index contributed by atoms with van der Waals surface area (Å²) in [6.07, 6.45) is 0.372. The van der Waals surface area contributed by atoms with Gasteiger partial charge in [-0.05, 0) is 17.7 Å². The van der Waals surface area contributed by atoms with E-state index in [0.717, 1.165) is 11.1 Å². The Bertz CT molecular complexity index is 646. The van der Waals surface area contributed by atoms with Crippen LogP contribution in [0.5, 0.6) is 0 Å². The molecule has 3 rings (SSSR count). The second kappa shape index (κ2) is 4.55. The topological polar surface area (TPSA) is 46.3 Å². The number of carbonyl (C=O) groups is 1. The second-order valence-electron chi connectivity index (χ2n) is 4.46. The van der Waals surface area contributed by atoms with Crippen LogP contribution in [0.15, 0.2) is 47.0 Å². The molecule has 0 bridgehead atoms. The number of halogens is 1. The number of hydrogen-bond acceptors (Lipinski definition) is 3. The van der Waals surface area contributed by atoms with Crippen molar-refractivity contribution in [3.05, 3.63) is 47.5 Å². The van der Waals surface area contributed by atoms with E-state index < -0.39 is 0 Å². The minimum absolute atomic E-state index is 0.0104. The summed E-state index contributed by atoms with van der Waals surface area (Å²) in [4.78, 5) is 13.3. The van der Waals surface area contributed by atoms with Crippen molar-refractivity contribution in [2.45, 2.75) is 6.42 Å². The quantitative estimate of drug-likeness (QED) is 0.790. The summed E-state index contributed by atoms with van der Waals surface area (Å²) in [5.74, 6) is 0.442. The van der Waals surface area contributed by atoms with Gasteiger partial charge in [-0.25, -0.2) is 0 Å². The van der Waals surface area contributed by atoms with E-state index in [2.05, 4.69) is 11.7 Å². The molecule has 1 saturated heterocycles. The Hall–Kier alpha value is -2.07. The van der Waals surface area contributed by atoms with Gasteiger partial charge >= 0.3 is 0 Å². The van der Waals surface area contributed by atoms with Gasteiger partial charge in [-0.2, -0.15) is 0 Å². The summed E-state index contributed by atoms with van der Waals surface area (Å²) in [6.45, 7) is 4.31. The summed E-state index contributed by atoms with van der Waals surface area (Å²) in [5, 5.41) is 4.64. The van der Waals surface area contributed by atoms with E-state index in [-0.39, 0.29) is 5.91 Å². The van der Waals surface area contributed by atoms with E-state index in [1.807, 2.05) is 12.1 Å². The van der Waals surface area contributed by atoms with E-state index in [4.69, 9.17) is 16.1 Å². The van der Waals surface area contributed by atoms with Crippen molar-refractivity contribution in [3.63, 3.8) is 0 Å². The highest BCUT2D eigenvalue weighted by molar-refractivity contribution is 6.30. The zero-order valence-electron chi connectivity index (χ0n) is 10.1. The van der Waals surface area contributed by atoms with E-state index in [1.165, 1.54) is 0 Å². The zero-order valence-corrected chi connectivity index (χ0v) is 10.9. The number of benzene rings is 1. The van der Waals surface area contributed by atoms with Gasteiger partial charge in [-0.1, -0.05) is 35.5 Å². The monoisotopic (exact) mass is 274 g/mol. The van der Waals surface area contributed by atoms with Crippen LogP contribution in [0.1, 0.15) is 6.42 Å². The SMILES string of the molecule is C=C1CC(=O)N(c2cc(-c3ccc(Cl)cc3)no2)C1. The zero-order chi connectivity index (χ0) is 13.4. The highest BCUT2D eigenvalue weighted by Crippen LogP contribution is 2.28. The lowest BCUT2D eigenvalue weighted by Gasteiger charge is -2.08. The Morgan fingerprint density at radius 1 is 1.32 bits per heavy atom. The van der Waals surface area contributed by atoms with Crippen LogP contribution in [0.2, 0.25) is 5.02 Å². The molecule has 96 valence electrons. The van der Waals surface area contributed by atoms with Crippen molar-refractivity contribution in [1.82, 2.24) is 5.16 Å². The first-order valence-electron chi connectivity index (χ1n) is 5.83. The van der Waals surface area contributed by atoms with Crippen LogP contribution >= 0.6 is 11.6 Å². The first-order valence-corrected chi connectivity index (χ1v) is 6.21. The molecule has 0 unspecified atom stereocenters. The number of nitrogens with zero attached hydrogens (tertiary/aromatic N) is 2. The molecule has 19 heavy (non-hydrogen) atoms. The lowest BCUT2D eigenvalue weighted by molar-refractivity contribution is -0.116. The highest BCUT2D eigenvalue weighted by Gasteiger charge is 2.27. The Labute approximate surface area is 115 Å². The Morgan fingerprint density at radius 2 is 2.05 bits per heavy atom. The lowest BCUT2D eigenvalue weighted by atomic mass is 10.1. The average molecular weight is 275 g/mol. The maximum absolute atomic E-state index is 11.7. The number of rotatable bonds is 2. The molecule has 1 aromatic heterocycles. The van der Waals surface area contributed by atoms with Crippen LogP contribution in [0.3, 0.4) is 0 Å². The average Bonchev–Trinajstić information content (AvgIpc) is 2.97. The molecule has 1 amide bonds.